The normalized spacial score (nSPS) is 11.4. The third-order valence-electron chi connectivity index (χ3n) is 4.54. The number of hydrogen-bond acceptors (Lipinski definition) is 3. The van der Waals surface area contributed by atoms with E-state index < -0.39 is 5.91 Å². The van der Waals surface area contributed by atoms with Crippen LogP contribution >= 0.6 is 0 Å². The summed E-state index contributed by atoms with van der Waals surface area (Å²) in [5.41, 5.74) is 9.15. The summed E-state index contributed by atoms with van der Waals surface area (Å²) in [6, 6.07) is 19.9. The molecule has 0 fully saturated rings. The number of carbonyl (C=O) groups excluding carboxylic acids is 2. The van der Waals surface area contributed by atoms with Crippen molar-refractivity contribution >= 4 is 40.2 Å². The molecule has 0 unspecified atom stereocenters. The van der Waals surface area contributed by atoms with Crippen molar-refractivity contribution in [2.24, 2.45) is 5.73 Å². The molecule has 2 aromatic heterocycles. The zero-order valence-corrected chi connectivity index (χ0v) is 15.4. The van der Waals surface area contributed by atoms with E-state index in [1.54, 1.807) is 48.8 Å². The van der Waals surface area contributed by atoms with Gasteiger partial charge in [-0.15, -0.1) is 0 Å². The highest BCUT2D eigenvalue weighted by molar-refractivity contribution is 6.24. The van der Waals surface area contributed by atoms with Gasteiger partial charge in [0.2, 0.25) is 5.91 Å². The molecule has 4 aromatic rings. The molecule has 0 bridgehead atoms. The van der Waals surface area contributed by atoms with Gasteiger partial charge in [0, 0.05) is 34.5 Å². The van der Waals surface area contributed by atoms with Gasteiger partial charge in [-0.1, -0.05) is 48.5 Å². The predicted octanol–water partition coefficient (Wildman–Crippen LogP) is 3.84. The first-order chi connectivity index (χ1) is 14.1. The van der Waals surface area contributed by atoms with Gasteiger partial charge in [0.1, 0.15) is 5.65 Å². The molecule has 0 aliphatic heterocycles. The second-order valence-corrected chi connectivity index (χ2v) is 6.43. The molecule has 0 aliphatic carbocycles. The number of carbonyl (C=O) groups is 2. The number of nitrogens with one attached hydrogen (secondary N) is 2. The minimum absolute atomic E-state index is 0.229. The first kappa shape index (κ1) is 18.2. The standard InChI is InChI=1S/C23H18N4O2/c24-21(28)18(15-7-3-1-4-8-15)13-17-14-26-22-20(17)19(11-12-25-22)27-23(29)16-9-5-2-6-10-16/h1-14H,(H2,24,28)(H2,25,26,27,29)/b18-13-. The molecule has 142 valence electrons. The molecule has 0 saturated carbocycles. The molecule has 2 amide bonds. The van der Waals surface area contributed by atoms with Crippen LogP contribution in [0.15, 0.2) is 79.1 Å². The van der Waals surface area contributed by atoms with Crippen LogP contribution in [-0.4, -0.2) is 21.8 Å². The van der Waals surface area contributed by atoms with Crippen LogP contribution in [0.1, 0.15) is 21.5 Å². The number of amides is 2. The fraction of sp³-hybridized carbons (Fsp3) is 0. The zero-order chi connectivity index (χ0) is 20.2. The van der Waals surface area contributed by atoms with Crippen LogP contribution in [0.5, 0.6) is 0 Å². The molecule has 6 heteroatoms. The molecule has 29 heavy (non-hydrogen) atoms. The minimum atomic E-state index is -0.538. The van der Waals surface area contributed by atoms with Gasteiger partial charge in [0.25, 0.3) is 5.91 Å². The summed E-state index contributed by atoms with van der Waals surface area (Å²) in [6.07, 6.45) is 5.05. The molecule has 0 spiro atoms. The second-order valence-electron chi connectivity index (χ2n) is 6.43. The molecule has 0 saturated heterocycles. The highest BCUT2D eigenvalue weighted by Crippen LogP contribution is 2.29. The van der Waals surface area contributed by atoms with Crippen molar-refractivity contribution in [1.29, 1.82) is 0 Å². The lowest BCUT2D eigenvalue weighted by Crippen LogP contribution is -2.13. The van der Waals surface area contributed by atoms with Crippen LogP contribution in [0.3, 0.4) is 0 Å². The fourth-order valence-electron chi connectivity index (χ4n) is 3.15. The Morgan fingerprint density at radius 1 is 0.931 bits per heavy atom. The van der Waals surface area contributed by atoms with Crippen LogP contribution < -0.4 is 11.1 Å². The average Bonchev–Trinajstić information content (AvgIpc) is 3.17. The molecule has 2 heterocycles. The van der Waals surface area contributed by atoms with Gasteiger partial charge in [-0.05, 0) is 29.8 Å². The van der Waals surface area contributed by atoms with Crippen molar-refractivity contribution in [2.75, 3.05) is 5.32 Å². The van der Waals surface area contributed by atoms with Gasteiger partial charge in [-0.3, -0.25) is 9.59 Å². The monoisotopic (exact) mass is 382 g/mol. The molecular weight excluding hydrogens is 364 g/mol. The summed E-state index contributed by atoms with van der Waals surface area (Å²) in [4.78, 5) is 32.1. The van der Waals surface area contributed by atoms with Crippen molar-refractivity contribution in [1.82, 2.24) is 9.97 Å². The maximum atomic E-state index is 12.6. The molecule has 0 atom stereocenters. The van der Waals surface area contributed by atoms with Gasteiger partial charge >= 0.3 is 0 Å². The summed E-state index contributed by atoms with van der Waals surface area (Å²) >= 11 is 0. The lowest BCUT2D eigenvalue weighted by molar-refractivity contribution is -0.112. The Morgan fingerprint density at radius 2 is 1.59 bits per heavy atom. The summed E-state index contributed by atoms with van der Waals surface area (Å²) in [5.74, 6) is -0.767. The Kier molecular flexibility index (Phi) is 4.90. The van der Waals surface area contributed by atoms with E-state index in [4.69, 9.17) is 5.73 Å². The fourth-order valence-corrected chi connectivity index (χ4v) is 3.15. The number of aromatic nitrogens is 2. The van der Waals surface area contributed by atoms with Gasteiger partial charge in [-0.25, -0.2) is 4.98 Å². The van der Waals surface area contributed by atoms with Crippen LogP contribution in [0.2, 0.25) is 0 Å². The third-order valence-corrected chi connectivity index (χ3v) is 4.54. The number of nitrogens with two attached hydrogens (primary N) is 1. The lowest BCUT2D eigenvalue weighted by atomic mass is 10.0. The largest absolute Gasteiger partial charge is 0.366 e. The first-order valence-electron chi connectivity index (χ1n) is 9.03. The van der Waals surface area contributed by atoms with Crippen molar-refractivity contribution in [3.63, 3.8) is 0 Å². The molecule has 0 radical (unpaired) electrons. The maximum Gasteiger partial charge on any atom is 0.255 e. The average molecular weight is 382 g/mol. The number of aromatic amines is 1. The van der Waals surface area contributed by atoms with E-state index in [9.17, 15) is 9.59 Å². The highest BCUT2D eigenvalue weighted by atomic mass is 16.2. The number of primary amides is 1. The lowest BCUT2D eigenvalue weighted by Gasteiger charge is -2.08. The zero-order valence-electron chi connectivity index (χ0n) is 15.4. The van der Waals surface area contributed by atoms with E-state index in [2.05, 4.69) is 15.3 Å². The van der Waals surface area contributed by atoms with Crippen molar-refractivity contribution < 1.29 is 9.59 Å². The third kappa shape index (κ3) is 3.77. The molecule has 2 aromatic carbocycles. The van der Waals surface area contributed by atoms with Gasteiger partial charge < -0.3 is 16.0 Å². The van der Waals surface area contributed by atoms with Crippen molar-refractivity contribution in [2.45, 2.75) is 0 Å². The Labute approximate surface area is 167 Å². The maximum absolute atomic E-state index is 12.6. The van der Waals surface area contributed by atoms with Gasteiger partial charge in [-0.2, -0.15) is 0 Å². The van der Waals surface area contributed by atoms with E-state index in [1.807, 2.05) is 36.4 Å². The molecular formula is C23H18N4O2. The minimum Gasteiger partial charge on any atom is -0.366 e. The van der Waals surface area contributed by atoms with E-state index in [0.29, 0.717) is 39.0 Å². The number of fused-ring (bicyclic) bond motifs is 1. The van der Waals surface area contributed by atoms with E-state index in [1.165, 1.54) is 0 Å². The van der Waals surface area contributed by atoms with Crippen molar-refractivity contribution in [3.8, 4) is 0 Å². The van der Waals surface area contributed by atoms with Crippen LogP contribution in [-0.2, 0) is 4.79 Å². The summed E-state index contributed by atoms with van der Waals surface area (Å²) < 4.78 is 0. The summed E-state index contributed by atoms with van der Waals surface area (Å²) in [7, 11) is 0. The van der Waals surface area contributed by atoms with Crippen LogP contribution in [0.25, 0.3) is 22.7 Å². The van der Waals surface area contributed by atoms with Gasteiger partial charge in [0.15, 0.2) is 0 Å². The molecule has 0 aliphatic rings. The Balaban J connectivity index is 1.78. The molecule has 6 nitrogen and oxygen atoms in total. The highest BCUT2D eigenvalue weighted by Gasteiger charge is 2.14. The second kappa shape index (κ2) is 7.82. The molecule has 4 N–H and O–H groups in total. The number of H-pyrrole nitrogens is 1. The Morgan fingerprint density at radius 3 is 2.24 bits per heavy atom. The Hall–Kier alpha value is -4.19. The van der Waals surface area contributed by atoms with E-state index >= 15 is 0 Å². The number of rotatable bonds is 5. The number of pyridine rings is 1. The number of nitrogens with zero attached hydrogens (tertiary/aromatic N) is 1. The predicted molar refractivity (Wildman–Crippen MR) is 114 cm³/mol. The molecule has 4 rings (SSSR count). The summed E-state index contributed by atoms with van der Waals surface area (Å²) in [5, 5.41) is 3.63. The number of hydrogen-bond donors (Lipinski definition) is 3. The van der Waals surface area contributed by atoms with Crippen LogP contribution in [0.4, 0.5) is 5.69 Å². The first-order valence-corrected chi connectivity index (χ1v) is 9.03. The smallest absolute Gasteiger partial charge is 0.255 e. The quantitative estimate of drug-likeness (QED) is 0.457. The topological polar surface area (TPSA) is 101 Å². The van der Waals surface area contributed by atoms with Gasteiger partial charge in [0.05, 0.1) is 5.69 Å². The van der Waals surface area contributed by atoms with Crippen molar-refractivity contribution in [3.05, 3.63) is 95.8 Å². The van der Waals surface area contributed by atoms with Crippen LogP contribution in [0, 0.1) is 0 Å². The number of benzene rings is 2. The van der Waals surface area contributed by atoms with E-state index in [-0.39, 0.29) is 5.91 Å². The number of anilines is 1. The Bertz CT molecular complexity index is 1210. The van der Waals surface area contributed by atoms with E-state index in [0.717, 1.165) is 0 Å². The SMILES string of the molecule is NC(=O)/C(=C\c1c[nH]c2nccc(NC(=O)c3ccccc3)c12)c1ccccc1. The summed E-state index contributed by atoms with van der Waals surface area (Å²) in [6.45, 7) is 0.